The van der Waals surface area contributed by atoms with Crippen molar-refractivity contribution in [1.29, 1.82) is 0 Å². The highest BCUT2D eigenvalue weighted by Gasteiger charge is 2.47. The second-order valence-corrected chi connectivity index (χ2v) is 8.98. The summed E-state index contributed by atoms with van der Waals surface area (Å²) in [5, 5.41) is 0.173. The van der Waals surface area contributed by atoms with Crippen LogP contribution < -0.4 is 20.7 Å². The Morgan fingerprint density at radius 2 is 1.66 bits per heavy atom. The molecule has 3 aromatic rings. The number of ether oxygens (including phenoxy) is 1. The minimum Gasteiger partial charge on any atom is -0.497 e. The van der Waals surface area contributed by atoms with Gasteiger partial charge in [-0.2, -0.15) is 0 Å². The molecule has 0 radical (unpaired) electrons. The van der Waals surface area contributed by atoms with Gasteiger partial charge in [-0.05, 0) is 48.7 Å². The maximum Gasteiger partial charge on any atom is 0.330 e. The van der Waals surface area contributed by atoms with Gasteiger partial charge in [0.05, 0.1) is 28.4 Å². The lowest BCUT2D eigenvalue weighted by atomic mass is 10.1. The van der Waals surface area contributed by atoms with Crippen LogP contribution in [0.1, 0.15) is 18.4 Å². The van der Waals surface area contributed by atoms with Crippen LogP contribution in [0.4, 0.5) is 0 Å². The standard InChI is InChI=1S/C20H21N3O5S/c1-22-17-9-8-15(12-16(17)18(24)23(2)19(22)25)29(26,27)21-20(10-11-20)13-4-6-14(28-3)7-5-13/h4-9,12,21H,10-11H2,1-3H3. The Labute approximate surface area is 167 Å². The fraction of sp³-hybridized carbons (Fsp3) is 0.300. The summed E-state index contributed by atoms with van der Waals surface area (Å²) in [4.78, 5) is 24.5. The van der Waals surface area contributed by atoms with Gasteiger partial charge in [-0.3, -0.25) is 13.9 Å². The van der Waals surface area contributed by atoms with Gasteiger partial charge in [0.2, 0.25) is 10.0 Å². The molecule has 0 bridgehead atoms. The number of rotatable bonds is 5. The molecular weight excluding hydrogens is 394 g/mol. The second-order valence-electron chi connectivity index (χ2n) is 7.30. The van der Waals surface area contributed by atoms with E-state index in [9.17, 15) is 18.0 Å². The van der Waals surface area contributed by atoms with Gasteiger partial charge in [0.1, 0.15) is 5.75 Å². The van der Waals surface area contributed by atoms with Crippen LogP contribution in [-0.4, -0.2) is 24.7 Å². The fourth-order valence-corrected chi connectivity index (χ4v) is 5.02. The van der Waals surface area contributed by atoms with E-state index < -0.39 is 26.8 Å². The highest BCUT2D eigenvalue weighted by molar-refractivity contribution is 7.89. The summed E-state index contributed by atoms with van der Waals surface area (Å²) >= 11 is 0. The Hall–Kier alpha value is -2.91. The lowest BCUT2D eigenvalue weighted by molar-refractivity contribution is 0.414. The molecule has 0 atom stereocenters. The Balaban J connectivity index is 1.75. The summed E-state index contributed by atoms with van der Waals surface area (Å²) in [6.45, 7) is 0. The van der Waals surface area contributed by atoms with Crippen molar-refractivity contribution in [1.82, 2.24) is 13.9 Å². The van der Waals surface area contributed by atoms with Crippen LogP contribution in [0, 0.1) is 0 Å². The molecule has 0 unspecified atom stereocenters. The van der Waals surface area contributed by atoms with Gasteiger partial charge < -0.3 is 4.74 Å². The summed E-state index contributed by atoms with van der Waals surface area (Å²) in [6, 6.07) is 11.5. The molecule has 2 aromatic carbocycles. The van der Waals surface area contributed by atoms with E-state index in [0.717, 1.165) is 10.1 Å². The zero-order chi connectivity index (χ0) is 21.0. The van der Waals surface area contributed by atoms with Crippen molar-refractivity contribution in [3.63, 3.8) is 0 Å². The zero-order valence-corrected chi connectivity index (χ0v) is 17.1. The highest BCUT2D eigenvalue weighted by Crippen LogP contribution is 2.46. The van der Waals surface area contributed by atoms with Gasteiger partial charge in [-0.15, -0.1) is 0 Å². The van der Waals surface area contributed by atoms with Crippen LogP contribution in [0.3, 0.4) is 0 Å². The minimum atomic E-state index is -3.88. The van der Waals surface area contributed by atoms with Crippen molar-refractivity contribution in [3.05, 3.63) is 68.9 Å². The number of methoxy groups -OCH3 is 1. The smallest absolute Gasteiger partial charge is 0.330 e. The summed E-state index contributed by atoms with van der Waals surface area (Å²) in [5.41, 5.74) is -0.410. The molecule has 1 aliphatic rings. The molecule has 0 saturated heterocycles. The number of hydrogen-bond donors (Lipinski definition) is 1. The number of sulfonamides is 1. The Morgan fingerprint density at radius 1 is 1.00 bits per heavy atom. The average Bonchev–Trinajstić information content (AvgIpc) is 3.50. The Kier molecular flexibility index (Phi) is 4.39. The van der Waals surface area contributed by atoms with E-state index in [1.54, 1.807) is 26.3 Å². The molecule has 1 aliphatic carbocycles. The molecule has 152 valence electrons. The van der Waals surface area contributed by atoms with Gasteiger partial charge in [0.25, 0.3) is 5.56 Å². The molecule has 9 heteroatoms. The predicted octanol–water partition coefficient (Wildman–Crippen LogP) is 1.21. The third-order valence-electron chi connectivity index (χ3n) is 5.47. The largest absolute Gasteiger partial charge is 0.497 e. The van der Waals surface area contributed by atoms with Crippen molar-refractivity contribution in [2.75, 3.05) is 7.11 Å². The quantitative estimate of drug-likeness (QED) is 0.675. The van der Waals surface area contributed by atoms with Crippen molar-refractivity contribution in [3.8, 4) is 5.75 Å². The second kappa shape index (κ2) is 6.57. The number of fused-ring (bicyclic) bond motifs is 1. The van der Waals surface area contributed by atoms with E-state index in [1.807, 2.05) is 12.1 Å². The SMILES string of the molecule is COc1ccc(C2(NS(=O)(=O)c3ccc4c(c3)c(=O)n(C)c(=O)n4C)CC2)cc1. The molecule has 8 nitrogen and oxygen atoms in total. The number of aromatic nitrogens is 2. The minimum absolute atomic E-state index is 0.0134. The molecule has 4 rings (SSSR count). The normalized spacial score (nSPS) is 15.4. The number of hydrogen-bond acceptors (Lipinski definition) is 5. The van der Waals surface area contributed by atoms with Gasteiger partial charge in [0, 0.05) is 14.1 Å². The van der Waals surface area contributed by atoms with Gasteiger partial charge in [-0.1, -0.05) is 12.1 Å². The van der Waals surface area contributed by atoms with E-state index in [4.69, 9.17) is 4.74 Å². The summed E-state index contributed by atoms with van der Waals surface area (Å²) in [5.74, 6) is 0.698. The molecule has 1 N–H and O–H groups in total. The monoisotopic (exact) mass is 415 g/mol. The summed E-state index contributed by atoms with van der Waals surface area (Å²) < 4.78 is 36.4. The van der Waals surface area contributed by atoms with E-state index in [0.29, 0.717) is 24.1 Å². The molecule has 1 saturated carbocycles. The summed E-state index contributed by atoms with van der Waals surface area (Å²) in [7, 11) is 0.602. The van der Waals surface area contributed by atoms with Crippen LogP contribution in [0.15, 0.2) is 56.9 Å². The van der Waals surface area contributed by atoms with Crippen LogP contribution >= 0.6 is 0 Å². The van der Waals surface area contributed by atoms with E-state index in [2.05, 4.69) is 4.72 Å². The van der Waals surface area contributed by atoms with Crippen molar-refractivity contribution >= 4 is 20.9 Å². The average molecular weight is 415 g/mol. The third kappa shape index (κ3) is 3.16. The topological polar surface area (TPSA) is 99.4 Å². The van der Waals surface area contributed by atoms with Gasteiger partial charge in [-0.25, -0.2) is 17.9 Å². The first-order chi connectivity index (χ1) is 13.7. The van der Waals surface area contributed by atoms with Gasteiger partial charge >= 0.3 is 5.69 Å². The number of nitrogens with one attached hydrogen (secondary N) is 1. The molecule has 0 amide bonds. The fourth-order valence-electron chi connectivity index (χ4n) is 3.54. The molecule has 0 aliphatic heterocycles. The number of aryl methyl sites for hydroxylation is 1. The lowest BCUT2D eigenvalue weighted by Gasteiger charge is -2.19. The molecule has 1 heterocycles. The van der Waals surface area contributed by atoms with Crippen LogP contribution in [0.25, 0.3) is 10.9 Å². The third-order valence-corrected chi connectivity index (χ3v) is 7.00. The van der Waals surface area contributed by atoms with Crippen LogP contribution in [0.2, 0.25) is 0 Å². The Morgan fingerprint density at radius 3 is 2.24 bits per heavy atom. The lowest BCUT2D eigenvalue weighted by Crippen LogP contribution is -2.37. The molecule has 1 aromatic heterocycles. The van der Waals surface area contributed by atoms with Crippen LogP contribution in [0.5, 0.6) is 5.75 Å². The van der Waals surface area contributed by atoms with Crippen molar-refractivity contribution in [2.45, 2.75) is 23.3 Å². The molecule has 0 spiro atoms. The van der Waals surface area contributed by atoms with Gasteiger partial charge in [0.15, 0.2) is 0 Å². The Bertz CT molecular complexity index is 1330. The molecular formula is C20H21N3O5S. The first-order valence-electron chi connectivity index (χ1n) is 9.07. The van der Waals surface area contributed by atoms with E-state index in [1.165, 1.54) is 29.8 Å². The maximum absolute atomic E-state index is 13.1. The van der Waals surface area contributed by atoms with Crippen molar-refractivity contribution in [2.24, 2.45) is 14.1 Å². The highest BCUT2D eigenvalue weighted by atomic mass is 32.2. The molecule has 29 heavy (non-hydrogen) atoms. The van der Waals surface area contributed by atoms with Crippen LogP contribution in [-0.2, 0) is 29.7 Å². The van der Waals surface area contributed by atoms with E-state index in [-0.39, 0.29) is 10.3 Å². The van der Waals surface area contributed by atoms with Crippen molar-refractivity contribution < 1.29 is 13.2 Å². The van der Waals surface area contributed by atoms with E-state index >= 15 is 0 Å². The number of nitrogens with zero attached hydrogens (tertiary/aromatic N) is 2. The first-order valence-corrected chi connectivity index (χ1v) is 10.6. The predicted molar refractivity (Wildman–Crippen MR) is 109 cm³/mol. The summed E-state index contributed by atoms with van der Waals surface area (Å²) in [6.07, 6.45) is 1.37. The maximum atomic E-state index is 13.1. The molecule has 1 fully saturated rings. The first kappa shape index (κ1) is 19.4. The number of benzene rings is 2. The zero-order valence-electron chi connectivity index (χ0n) is 16.3.